The molecule has 8 heteroatoms. The molecule has 0 saturated carbocycles. The highest BCUT2D eigenvalue weighted by Crippen LogP contribution is 2.44. The molecule has 3 rings (SSSR count). The Kier molecular flexibility index (Phi) is 8.21. The van der Waals surface area contributed by atoms with Crippen LogP contribution in [-0.2, 0) is 14.3 Å². The first-order chi connectivity index (χ1) is 15.9. The van der Waals surface area contributed by atoms with Gasteiger partial charge in [0.05, 0.1) is 0 Å². The third-order valence-electron chi connectivity index (χ3n) is 5.42. The molecule has 1 aliphatic carbocycles. The van der Waals surface area contributed by atoms with Crippen molar-refractivity contribution < 1.29 is 24.2 Å². The molecule has 0 spiro atoms. The first kappa shape index (κ1) is 24.0. The van der Waals surface area contributed by atoms with Crippen molar-refractivity contribution in [2.24, 2.45) is 0 Å². The van der Waals surface area contributed by atoms with E-state index in [4.69, 9.17) is 9.84 Å². The summed E-state index contributed by atoms with van der Waals surface area (Å²) in [5.74, 6) is -1.53. The van der Waals surface area contributed by atoms with E-state index in [0.717, 1.165) is 22.3 Å². The predicted octanol–water partition coefficient (Wildman–Crippen LogP) is 2.56. The predicted molar refractivity (Wildman–Crippen MR) is 125 cm³/mol. The average molecular weight is 452 g/mol. The zero-order chi connectivity index (χ0) is 23.8. The Labute approximate surface area is 193 Å². The number of carbonyl (C=O) groups is 3. The van der Waals surface area contributed by atoms with Crippen molar-refractivity contribution >= 4 is 18.0 Å². The van der Waals surface area contributed by atoms with Gasteiger partial charge in [-0.15, -0.1) is 0 Å². The molecule has 1 aliphatic rings. The Hall–Kier alpha value is -3.65. The van der Waals surface area contributed by atoms with Crippen LogP contribution in [0.4, 0.5) is 4.79 Å². The number of fused-ring (bicyclic) bond motifs is 3. The molecule has 0 atom stereocenters. The van der Waals surface area contributed by atoms with Gasteiger partial charge in [-0.25, -0.2) is 4.79 Å². The molecule has 2 amide bonds. The molecule has 0 aliphatic heterocycles. The Balaban J connectivity index is 1.49. The van der Waals surface area contributed by atoms with Crippen molar-refractivity contribution in [3.63, 3.8) is 0 Å². The van der Waals surface area contributed by atoms with Gasteiger partial charge in [-0.2, -0.15) is 0 Å². The number of carboxylic acid groups (broad SMARTS) is 1. The van der Waals surface area contributed by atoms with Crippen molar-refractivity contribution in [2.45, 2.75) is 5.92 Å². The van der Waals surface area contributed by atoms with Crippen LogP contribution >= 0.6 is 0 Å². The van der Waals surface area contributed by atoms with E-state index in [9.17, 15) is 14.4 Å². The first-order valence-corrected chi connectivity index (χ1v) is 10.8. The van der Waals surface area contributed by atoms with E-state index in [0.29, 0.717) is 13.1 Å². The molecule has 0 unspecified atom stereocenters. The molecule has 0 saturated heterocycles. The number of hydrogen-bond acceptors (Lipinski definition) is 5. The number of aliphatic carboxylic acids is 1. The summed E-state index contributed by atoms with van der Waals surface area (Å²) >= 11 is 0. The molecule has 8 nitrogen and oxygen atoms in total. The Morgan fingerprint density at radius 3 is 2.18 bits per heavy atom. The lowest BCUT2D eigenvalue weighted by atomic mass is 9.98. The average Bonchev–Trinajstić information content (AvgIpc) is 3.11. The highest BCUT2D eigenvalue weighted by molar-refractivity contribution is 5.90. The fourth-order valence-corrected chi connectivity index (χ4v) is 3.81. The van der Waals surface area contributed by atoms with Crippen LogP contribution in [0.5, 0.6) is 0 Å². The minimum atomic E-state index is -1.08. The van der Waals surface area contributed by atoms with Gasteiger partial charge in [0.25, 0.3) is 0 Å². The number of ether oxygens (including phenoxy) is 1. The van der Waals surface area contributed by atoms with Gasteiger partial charge in [0, 0.05) is 31.6 Å². The number of rotatable bonds is 10. The van der Waals surface area contributed by atoms with Gasteiger partial charge in [0.2, 0.25) is 5.91 Å². The number of benzene rings is 2. The summed E-state index contributed by atoms with van der Waals surface area (Å²) < 4.78 is 5.45. The molecule has 2 N–H and O–H groups in total. The zero-order valence-electron chi connectivity index (χ0n) is 18.9. The lowest BCUT2D eigenvalue weighted by molar-refractivity contribution is -0.142. The van der Waals surface area contributed by atoms with Gasteiger partial charge in [-0.1, -0.05) is 54.6 Å². The first-order valence-electron chi connectivity index (χ1n) is 10.8. The maximum Gasteiger partial charge on any atom is 0.407 e. The van der Waals surface area contributed by atoms with Crippen LogP contribution in [0, 0.1) is 0 Å². The maximum absolute atomic E-state index is 12.3. The molecule has 0 bridgehead atoms. The van der Waals surface area contributed by atoms with Gasteiger partial charge in [-0.3, -0.25) is 9.59 Å². The SMILES string of the molecule is CN(C)CCN(CC(=O)O)C(=O)/C=C/CNC(=O)OCC1c2ccccc2-c2ccccc21. The van der Waals surface area contributed by atoms with Crippen LogP contribution in [-0.4, -0.2) is 79.8 Å². The van der Waals surface area contributed by atoms with Crippen LogP contribution in [0.25, 0.3) is 11.1 Å². The van der Waals surface area contributed by atoms with Crippen molar-refractivity contribution in [2.75, 3.05) is 46.9 Å². The minimum absolute atomic E-state index is 0.0263. The van der Waals surface area contributed by atoms with Crippen LogP contribution in [0.1, 0.15) is 17.0 Å². The van der Waals surface area contributed by atoms with E-state index in [1.165, 1.54) is 17.1 Å². The summed E-state index contributed by atoms with van der Waals surface area (Å²) in [7, 11) is 3.69. The molecular formula is C25H29N3O5. The van der Waals surface area contributed by atoms with Crippen LogP contribution < -0.4 is 5.32 Å². The third-order valence-corrected chi connectivity index (χ3v) is 5.42. The summed E-state index contributed by atoms with van der Waals surface area (Å²) in [4.78, 5) is 38.6. The van der Waals surface area contributed by atoms with E-state index in [-0.39, 0.29) is 25.6 Å². The maximum atomic E-state index is 12.3. The Morgan fingerprint density at radius 2 is 1.61 bits per heavy atom. The molecular weight excluding hydrogens is 422 g/mol. The largest absolute Gasteiger partial charge is 0.480 e. The molecule has 2 aromatic carbocycles. The molecule has 33 heavy (non-hydrogen) atoms. The Morgan fingerprint density at radius 1 is 1.00 bits per heavy atom. The van der Waals surface area contributed by atoms with Crippen LogP contribution in [0.15, 0.2) is 60.7 Å². The van der Waals surface area contributed by atoms with Gasteiger partial charge in [-0.05, 0) is 36.3 Å². The molecule has 0 radical (unpaired) electrons. The number of carbonyl (C=O) groups excluding carboxylic acids is 2. The van der Waals surface area contributed by atoms with Crippen molar-refractivity contribution in [1.29, 1.82) is 0 Å². The second-order valence-corrected chi connectivity index (χ2v) is 8.07. The van der Waals surface area contributed by atoms with Crippen molar-refractivity contribution in [3.8, 4) is 11.1 Å². The van der Waals surface area contributed by atoms with Gasteiger partial charge < -0.3 is 25.0 Å². The summed E-state index contributed by atoms with van der Waals surface area (Å²) in [6.45, 7) is 0.764. The van der Waals surface area contributed by atoms with Crippen LogP contribution in [0.2, 0.25) is 0 Å². The van der Waals surface area contributed by atoms with E-state index >= 15 is 0 Å². The number of amides is 2. The summed E-state index contributed by atoms with van der Waals surface area (Å²) in [6, 6.07) is 16.2. The summed E-state index contributed by atoms with van der Waals surface area (Å²) in [5, 5.41) is 11.6. The zero-order valence-corrected chi connectivity index (χ0v) is 18.9. The van der Waals surface area contributed by atoms with E-state index in [2.05, 4.69) is 29.6 Å². The molecule has 174 valence electrons. The number of hydrogen-bond donors (Lipinski definition) is 2. The van der Waals surface area contributed by atoms with Crippen molar-refractivity contribution in [3.05, 3.63) is 71.8 Å². The monoisotopic (exact) mass is 451 g/mol. The van der Waals surface area contributed by atoms with E-state index in [1.807, 2.05) is 43.3 Å². The molecule has 0 fully saturated rings. The number of nitrogens with one attached hydrogen (secondary N) is 1. The quantitative estimate of drug-likeness (QED) is 0.539. The topological polar surface area (TPSA) is 99.2 Å². The van der Waals surface area contributed by atoms with Crippen molar-refractivity contribution in [1.82, 2.24) is 15.1 Å². The highest BCUT2D eigenvalue weighted by atomic mass is 16.5. The van der Waals surface area contributed by atoms with E-state index in [1.54, 1.807) is 0 Å². The number of nitrogens with zero attached hydrogens (tertiary/aromatic N) is 2. The van der Waals surface area contributed by atoms with E-state index < -0.39 is 18.0 Å². The van der Waals surface area contributed by atoms with Gasteiger partial charge >= 0.3 is 12.1 Å². The highest BCUT2D eigenvalue weighted by Gasteiger charge is 2.28. The number of likely N-dealkylation sites (N-methyl/N-ethyl adjacent to an activating group) is 1. The van der Waals surface area contributed by atoms with Crippen LogP contribution in [0.3, 0.4) is 0 Å². The van der Waals surface area contributed by atoms with Gasteiger partial charge in [0.15, 0.2) is 0 Å². The van der Waals surface area contributed by atoms with Gasteiger partial charge in [0.1, 0.15) is 13.2 Å². The normalized spacial score (nSPS) is 12.5. The summed E-state index contributed by atoms with van der Waals surface area (Å²) in [6.07, 6.45) is 2.17. The smallest absolute Gasteiger partial charge is 0.407 e. The lowest BCUT2D eigenvalue weighted by Gasteiger charge is -2.21. The third kappa shape index (κ3) is 6.43. The fourth-order valence-electron chi connectivity index (χ4n) is 3.81. The number of alkyl carbamates (subject to hydrolysis) is 1. The fraction of sp³-hybridized carbons (Fsp3) is 0.320. The standard InChI is InChI=1S/C25H29N3O5/c1-27(2)14-15-28(16-24(30)31)23(29)12-7-13-26-25(32)33-17-22-20-10-5-3-8-18(20)19-9-4-6-11-21(19)22/h3-12,22H,13-17H2,1-2H3,(H,26,32)(H,30,31)/b12-7+. The minimum Gasteiger partial charge on any atom is -0.480 e. The number of carboxylic acids is 1. The molecule has 2 aromatic rings. The molecule has 0 aromatic heterocycles. The summed E-state index contributed by atoms with van der Waals surface area (Å²) in [5.41, 5.74) is 4.58. The second kappa shape index (κ2) is 11.3. The molecule has 0 heterocycles. The Bertz CT molecular complexity index is 989. The second-order valence-electron chi connectivity index (χ2n) is 8.07. The lowest BCUT2D eigenvalue weighted by Crippen LogP contribution is -2.39.